The first kappa shape index (κ1) is 14.7. The van der Waals surface area contributed by atoms with E-state index < -0.39 is 42.3 Å². The summed E-state index contributed by atoms with van der Waals surface area (Å²) in [4.78, 5) is 11.5. The van der Waals surface area contributed by atoms with Gasteiger partial charge >= 0.3 is 5.97 Å². The Hall–Kier alpha value is -0.730. The lowest BCUT2D eigenvalue weighted by Gasteiger charge is -2.38. The molecule has 0 aromatic rings. The van der Waals surface area contributed by atoms with Crippen LogP contribution in [0.1, 0.15) is 20.3 Å². The first-order chi connectivity index (χ1) is 8.84. The maximum atomic E-state index is 11.5. The molecule has 110 valence electrons. The molecule has 0 aliphatic carbocycles. The van der Waals surface area contributed by atoms with Gasteiger partial charge in [0.05, 0.1) is 19.8 Å². The van der Waals surface area contributed by atoms with Gasteiger partial charge in [0.15, 0.2) is 11.9 Å². The summed E-state index contributed by atoms with van der Waals surface area (Å²) in [7, 11) is 1.25. The molecule has 0 saturated carbocycles. The highest BCUT2D eigenvalue weighted by Crippen LogP contribution is 2.31. The molecule has 0 aromatic carbocycles. The summed E-state index contributed by atoms with van der Waals surface area (Å²) in [5.74, 6) is -1.34. The predicted octanol–water partition coefficient (Wildman–Crippen LogP) is -0.810. The van der Waals surface area contributed by atoms with E-state index in [0.29, 0.717) is 0 Å². The van der Waals surface area contributed by atoms with Crippen LogP contribution in [0.3, 0.4) is 0 Å². The summed E-state index contributed by atoms with van der Waals surface area (Å²) < 4.78 is 21.1. The van der Waals surface area contributed by atoms with Crippen LogP contribution in [0.4, 0.5) is 0 Å². The van der Waals surface area contributed by atoms with Crippen LogP contribution in [-0.4, -0.2) is 66.2 Å². The van der Waals surface area contributed by atoms with Crippen LogP contribution in [0.2, 0.25) is 0 Å². The highest BCUT2D eigenvalue weighted by Gasteiger charge is 2.48. The van der Waals surface area contributed by atoms with Crippen molar-refractivity contribution in [3.8, 4) is 0 Å². The Bertz CT molecular complexity index is 343. The third-order valence-electron chi connectivity index (χ3n) is 3.37. The van der Waals surface area contributed by atoms with Crippen molar-refractivity contribution in [3.63, 3.8) is 0 Å². The van der Waals surface area contributed by atoms with Gasteiger partial charge in [-0.25, -0.2) is 4.79 Å². The first-order valence-electron chi connectivity index (χ1n) is 6.25. The molecule has 2 aliphatic rings. The molecule has 5 atom stereocenters. The van der Waals surface area contributed by atoms with E-state index >= 15 is 0 Å². The van der Waals surface area contributed by atoms with Crippen molar-refractivity contribution in [2.75, 3.05) is 13.7 Å². The van der Waals surface area contributed by atoms with Crippen LogP contribution >= 0.6 is 0 Å². The standard InChI is InChI=1S/C12H20O7/c1-12(2)17-5-8(19-12)10-9(14)6(13)4-7(18-10)11(15)16-3/h6-10,13-14H,4-5H2,1-3H3/t6-,7+,8+,9-,10+/m0/s1. The maximum absolute atomic E-state index is 11.5. The minimum atomic E-state index is -1.12. The number of carbonyl (C=O) groups is 1. The van der Waals surface area contributed by atoms with Gasteiger partial charge in [0.1, 0.15) is 18.3 Å². The van der Waals surface area contributed by atoms with E-state index in [9.17, 15) is 15.0 Å². The number of methoxy groups -OCH3 is 1. The molecule has 0 bridgehead atoms. The van der Waals surface area contributed by atoms with Gasteiger partial charge < -0.3 is 29.2 Å². The van der Waals surface area contributed by atoms with Crippen molar-refractivity contribution in [1.29, 1.82) is 0 Å². The average molecular weight is 276 g/mol. The van der Waals surface area contributed by atoms with E-state index in [4.69, 9.17) is 14.2 Å². The Balaban J connectivity index is 2.07. The average Bonchev–Trinajstić information content (AvgIpc) is 2.71. The van der Waals surface area contributed by atoms with Crippen LogP contribution < -0.4 is 0 Å². The summed E-state index contributed by atoms with van der Waals surface area (Å²) in [5.41, 5.74) is 0. The topological polar surface area (TPSA) is 94.5 Å². The van der Waals surface area contributed by atoms with Crippen molar-refractivity contribution in [2.45, 2.75) is 56.6 Å². The molecule has 2 saturated heterocycles. The number of ether oxygens (including phenoxy) is 4. The van der Waals surface area contributed by atoms with Crippen LogP contribution in [0.5, 0.6) is 0 Å². The van der Waals surface area contributed by atoms with E-state index in [1.54, 1.807) is 13.8 Å². The predicted molar refractivity (Wildman–Crippen MR) is 62.2 cm³/mol. The van der Waals surface area contributed by atoms with Gasteiger partial charge in [0.25, 0.3) is 0 Å². The zero-order valence-corrected chi connectivity index (χ0v) is 11.2. The highest BCUT2D eigenvalue weighted by molar-refractivity contribution is 5.74. The van der Waals surface area contributed by atoms with E-state index in [0.717, 1.165) is 0 Å². The molecular weight excluding hydrogens is 256 g/mol. The molecule has 2 fully saturated rings. The van der Waals surface area contributed by atoms with Gasteiger partial charge in [-0.1, -0.05) is 0 Å². The number of rotatable bonds is 2. The molecule has 2 heterocycles. The summed E-state index contributed by atoms with van der Waals surface area (Å²) in [6.07, 6.45) is -4.44. The second kappa shape index (κ2) is 5.34. The fourth-order valence-electron chi connectivity index (χ4n) is 2.37. The molecule has 2 rings (SSSR count). The van der Waals surface area contributed by atoms with Crippen LogP contribution in [-0.2, 0) is 23.7 Å². The quantitative estimate of drug-likeness (QED) is 0.637. The van der Waals surface area contributed by atoms with Crippen LogP contribution in [0.15, 0.2) is 0 Å². The lowest BCUT2D eigenvalue weighted by Crippen LogP contribution is -2.55. The summed E-state index contributed by atoms with van der Waals surface area (Å²) >= 11 is 0. The largest absolute Gasteiger partial charge is 0.467 e. The molecule has 2 N–H and O–H groups in total. The Morgan fingerprint density at radius 1 is 1.37 bits per heavy atom. The van der Waals surface area contributed by atoms with Gasteiger partial charge in [-0.05, 0) is 13.8 Å². The molecule has 0 aromatic heterocycles. The lowest BCUT2D eigenvalue weighted by molar-refractivity contribution is -0.222. The number of esters is 1. The molecule has 7 heteroatoms. The number of hydrogen-bond donors (Lipinski definition) is 2. The third-order valence-corrected chi connectivity index (χ3v) is 3.37. The van der Waals surface area contributed by atoms with Gasteiger partial charge in [-0.15, -0.1) is 0 Å². The zero-order chi connectivity index (χ0) is 14.2. The Morgan fingerprint density at radius 2 is 2.05 bits per heavy atom. The van der Waals surface area contributed by atoms with E-state index in [1.807, 2.05) is 0 Å². The molecule has 0 spiro atoms. The van der Waals surface area contributed by atoms with Gasteiger partial charge in [-0.3, -0.25) is 0 Å². The van der Waals surface area contributed by atoms with E-state index in [-0.39, 0.29) is 13.0 Å². The number of carbonyl (C=O) groups excluding carboxylic acids is 1. The fraction of sp³-hybridized carbons (Fsp3) is 0.917. The van der Waals surface area contributed by atoms with Gasteiger partial charge in [0.2, 0.25) is 0 Å². The van der Waals surface area contributed by atoms with E-state index in [1.165, 1.54) is 7.11 Å². The van der Waals surface area contributed by atoms with Crippen molar-refractivity contribution in [2.24, 2.45) is 0 Å². The summed E-state index contributed by atoms with van der Waals surface area (Å²) in [5, 5.41) is 19.8. The highest BCUT2D eigenvalue weighted by atomic mass is 16.8. The maximum Gasteiger partial charge on any atom is 0.335 e. The van der Waals surface area contributed by atoms with Gasteiger partial charge in [-0.2, -0.15) is 0 Å². The van der Waals surface area contributed by atoms with Crippen molar-refractivity contribution in [1.82, 2.24) is 0 Å². The van der Waals surface area contributed by atoms with E-state index in [2.05, 4.69) is 4.74 Å². The Kier molecular flexibility index (Phi) is 4.12. The second-order valence-electron chi connectivity index (χ2n) is 5.27. The van der Waals surface area contributed by atoms with Crippen molar-refractivity contribution < 1.29 is 34.0 Å². The molecule has 0 amide bonds. The minimum Gasteiger partial charge on any atom is -0.467 e. The monoisotopic (exact) mass is 276 g/mol. The molecule has 2 aliphatic heterocycles. The number of aliphatic hydroxyl groups excluding tert-OH is 2. The zero-order valence-electron chi connectivity index (χ0n) is 11.2. The molecule has 19 heavy (non-hydrogen) atoms. The van der Waals surface area contributed by atoms with Crippen LogP contribution in [0, 0.1) is 0 Å². The first-order valence-corrected chi connectivity index (χ1v) is 6.25. The van der Waals surface area contributed by atoms with Gasteiger partial charge in [0, 0.05) is 6.42 Å². The minimum absolute atomic E-state index is 0.00130. The molecule has 0 unspecified atom stereocenters. The second-order valence-corrected chi connectivity index (χ2v) is 5.27. The number of aliphatic hydroxyl groups is 2. The Labute approximate surface area is 111 Å². The molecule has 7 nitrogen and oxygen atoms in total. The SMILES string of the molecule is COC(=O)[C@H]1C[C@H](O)[C@H](O)[C@@H]([C@H]2COC(C)(C)O2)O1. The lowest BCUT2D eigenvalue weighted by atomic mass is 9.94. The number of hydrogen-bond acceptors (Lipinski definition) is 7. The molecule has 0 radical (unpaired) electrons. The normalized spacial score (nSPS) is 42.1. The Morgan fingerprint density at radius 3 is 2.58 bits per heavy atom. The van der Waals surface area contributed by atoms with Crippen LogP contribution in [0.25, 0.3) is 0 Å². The van der Waals surface area contributed by atoms with Crippen molar-refractivity contribution in [3.05, 3.63) is 0 Å². The summed E-state index contributed by atoms with van der Waals surface area (Å²) in [6, 6.07) is 0. The van der Waals surface area contributed by atoms with Crippen molar-refractivity contribution >= 4 is 5.97 Å². The molecular formula is C12H20O7. The summed E-state index contributed by atoms with van der Waals surface area (Å²) in [6.45, 7) is 3.72. The third kappa shape index (κ3) is 3.06. The fourth-order valence-corrected chi connectivity index (χ4v) is 2.37. The smallest absolute Gasteiger partial charge is 0.335 e.